The number of nitro groups is 1. The van der Waals surface area contributed by atoms with Crippen LogP contribution in [0, 0.1) is 10.1 Å². The summed E-state index contributed by atoms with van der Waals surface area (Å²) in [6.45, 7) is 0. The van der Waals surface area contributed by atoms with Gasteiger partial charge in [0.05, 0.1) is 22.4 Å². The highest BCUT2D eigenvalue weighted by atomic mass is 32.2. The van der Waals surface area contributed by atoms with E-state index in [1.54, 1.807) is 55.3 Å². The quantitative estimate of drug-likeness (QED) is 0.141. The lowest BCUT2D eigenvalue weighted by atomic mass is 9.95. The van der Waals surface area contributed by atoms with Gasteiger partial charge >= 0.3 is 0 Å². The molecule has 1 aliphatic carbocycles. The summed E-state index contributed by atoms with van der Waals surface area (Å²) < 4.78 is 0. The van der Waals surface area contributed by atoms with Gasteiger partial charge in [0, 0.05) is 52.3 Å². The number of benzene rings is 1. The Morgan fingerprint density at radius 1 is 1.14 bits per heavy atom. The summed E-state index contributed by atoms with van der Waals surface area (Å²) in [6.07, 6.45) is 11.9. The van der Waals surface area contributed by atoms with Crippen LogP contribution in [-0.2, 0) is 12.8 Å². The number of nitrogens with one attached hydrogen (secondary N) is 1. The van der Waals surface area contributed by atoms with E-state index < -0.39 is 4.92 Å². The zero-order valence-corrected chi connectivity index (χ0v) is 20.6. The van der Waals surface area contributed by atoms with Crippen molar-refractivity contribution >= 4 is 51.6 Å². The van der Waals surface area contributed by atoms with Gasteiger partial charge in [-0.1, -0.05) is 0 Å². The van der Waals surface area contributed by atoms with Crippen LogP contribution in [0.1, 0.15) is 39.2 Å². The van der Waals surface area contributed by atoms with E-state index >= 15 is 0 Å². The summed E-state index contributed by atoms with van der Waals surface area (Å²) in [6, 6.07) is 9.84. The number of amides is 1. The molecule has 0 unspecified atom stereocenters. The average molecular weight is 517 g/mol. The van der Waals surface area contributed by atoms with Crippen molar-refractivity contribution < 1.29 is 9.72 Å². The molecule has 0 saturated carbocycles. The number of nitrogens with zero attached hydrogens (tertiary/aromatic N) is 5. The van der Waals surface area contributed by atoms with Crippen molar-refractivity contribution in [1.29, 1.82) is 0 Å². The third kappa shape index (κ3) is 5.31. The lowest BCUT2D eigenvalue weighted by Gasteiger charge is -2.12. The Labute approximate surface area is 214 Å². The third-order valence-corrected chi connectivity index (χ3v) is 7.75. The number of aliphatic imine (C=N–C) groups is 1. The zero-order chi connectivity index (χ0) is 24.9. The molecular weight excluding hydrogens is 496 g/mol. The van der Waals surface area contributed by atoms with Gasteiger partial charge in [-0.3, -0.25) is 19.9 Å². The molecule has 1 aliphatic rings. The van der Waals surface area contributed by atoms with Gasteiger partial charge in [0.2, 0.25) is 0 Å². The maximum Gasteiger partial charge on any atom is 0.270 e. The number of rotatable bonds is 7. The highest BCUT2D eigenvalue weighted by Crippen LogP contribution is 2.40. The van der Waals surface area contributed by atoms with Crippen molar-refractivity contribution in [3.05, 3.63) is 92.9 Å². The van der Waals surface area contributed by atoms with Crippen LogP contribution in [0.2, 0.25) is 0 Å². The van der Waals surface area contributed by atoms with Gasteiger partial charge in [0.15, 0.2) is 5.16 Å². The Morgan fingerprint density at radius 3 is 2.75 bits per heavy atom. The van der Waals surface area contributed by atoms with Gasteiger partial charge in [0.1, 0.15) is 5.00 Å². The van der Waals surface area contributed by atoms with Gasteiger partial charge in [-0.25, -0.2) is 15.0 Å². The third-order valence-electron chi connectivity index (χ3n) is 5.57. The number of thiophene rings is 1. The van der Waals surface area contributed by atoms with E-state index in [9.17, 15) is 14.9 Å². The minimum absolute atomic E-state index is 0.0465. The van der Waals surface area contributed by atoms with Gasteiger partial charge < -0.3 is 5.32 Å². The van der Waals surface area contributed by atoms with Gasteiger partial charge in [-0.05, 0) is 67.3 Å². The molecule has 1 aromatic carbocycles. The van der Waals surface area contributed by atoms with Crippen molar-refractivity contribution in [2.75, 3.05) is 5.32 Å². The second kappa shape index (κ2) is 10.8. The lowest BCUT2D eigenvalue weighted by Crippen LogP contribution is -2.15. The number of carbonyl (C=O) groups is 1. The summed E-state index contributed by atoms with van der Waals surface area (Å²) in [5.74, 6) is -0.235. The van der Waals surface area contributed by atoms with Crippen LogP contribution in [0.4, 0.5) is 16.4 Å². The Bertz CT molecular complexity index is 1440. The minimum atomic E-state index is -0.443. The van der Waals surface area contributed by atoms with E-state index in [2.05, 4.69) is 25.3 Å². The minimum Gasteiger partial charge on any atom is -0.320 e. The summed E-state index contributed by atoms with van der Waals surface area (Å²) in [4.78, 5) is 43.4. The summed E-state index contributed by atoms with van der Waals surface area (Å²) in [5, 5.41) is 15.4. The van der Waals surface area contributed by atoms with Gasteiger partial charge in [-0.2, -0.15) is 0 Å². The Balaban J connectivity index is 1.52. The van der Waals surface area contributed by atoms with Crippen LogP contribution in [0.25, 0.3) is 0 Å². The first-order valence-corrected chi connectivity index (χ1v) is 12.8. The van der Waals surface area contributed by atoms with Crippen LogP contribution in [-0.4, -0.2) is 32.0 Å². The van der Waals surface area contributed by atoms with E-state index in [1.807, 2.05) is 0 Å². The highest BCUT2D eigenvalue weighted by Gasteiger charge is 2.25. The zero-order valence-electron chi connectivity index (χ0n) is 19.0. The maximum atomic E-state index is 13.3. The first-order valence-electron chi connectivity index (χ1n) is 11.2. The maximum absolute atomic E-state index is 13.3. The number of anilines is 1. The fourth-order valence-corrected chi connectivity index (χ4v) is 5.93. The summed E-state index contributed by atoms with van der Waals surface area (Å²) in [5.41, 5.74) is 2.70. The van der Waals surface area contributed by atoms with Crippen LogP contribution in [0.3, 0.4) is 0 Å². The Morgan fingerprint density at radius 2 is 1.97 bits per heavy atom. The first kappa shape index (κ1) is 23.8. The molecule has 0 spiro atoms. The number of non-ortho nitro benzene ring substituents is 1. The van der Waals surface area contributed by atoms with E-state index in [1.165, 1.54) is 35.2 Å². The van der Waals surface area contributed by atoms with Crippen molar-refractivity contribution in [2.45, 2.75) is 35.7 Å². The second-order valence-electron chi connectivity index (χ2n) is 7.96. The molecule has 5 rings (SSSR count). The Hall–Kier alpha value is -3.96. The van der Waals surface area contributed by atoms with Crippen LogP contribution < -0.4 is 5.32 Å². The van der Waals surface area contributed by atoms with Gasteiger partial charge in [-0.15, -0.1) is 11.3 Å². The molecule has 3 heterocycles. The first-order chi connectivity index (χ1) is 17.6. The van der Waals surface area contributed by atoms with Crippen molar-refractivity contribution in [1.82, 2.24) is 15.0 Å². The highest BCUT2D eigenvalue weighted by molar-refractivity contribution is 7.99. The molecule has 1 N–H and O–H groups in total. The number of hydrogen-bond acceptors (Lipinski definition) is 9. The number of nitro benzene ring substituents is 1. The number of aryl methyl sites for hydroxylation is 1. The van der Waals surface area contributed by atoms with Crippen LogP contribution >= 0.6 is 23.1 Å². The van der Waals surface area contributed by atoms with E-state index in [4.69, 9.17) is 0 Å². The molecule has 36 heavy (non-hydrogen) atoms. The Kier molecular flexibility index (Phi) is 7.10. The molecule has 9 nitrogen and oxygen atoms in total. The number of fused-ring (bicyclic) bond motifs is 1. The molecule has 4 aromatic rings. The molecule has 0 saturated heterocycles. The van der Waals surface area contributed by atoms with E-state index in [-0.39, 0.29) is 11.6 Å². The fourth-order valence-electron chi connectivity index (χ4n) is 3.91. The molecule has 0 atom stereocenters. The normalized spacial score (nSPS) is 12.9. The number of pyridine rings is 1. The topological polar surface area (TPSA) is 123 Å². The summed E-state index contributed by atoms with van der Waals surface area (Å²) >= 11 is 2.79. The molecule has 3 aromatic heterocycles. The molecule has 0 fully saturated rings. The second-order valence-corrected chi connectivity index (χ2v) is 10.1. The number of hydrogen-bond donors (Lipinski definition) is 1. The fraction of sp³-hybridized carbons (Fsp3) is 0.160. The standard InChI is InChI=1S/C25H20N6O3S2/c32-23(30-17-5-3-10-26-15-17)22-19-6-1-2-7-21(19)35-24(22)29-14-16-13-18(31(33)34)8-9-20(16)36-25-27-11-4-12-28-25/h3-5,8-15H,1-2,6-7H2,(H,30,32). The molecule has 0 aliphatic heterocycles. The average Bonchev–Trinajstić information content (AvgIpc) is 3.28. The SMILES string of the molecule is O=C(Nc1cccnc1)c1c(N=Cc2cc([N+](=O)[O-])ccc2Sc2ncccn2)sc2c1CCCC2. The van der Waals surface area contributed by atoms with Crippen molar-refractivity contribution in [2.24, 2.45) is 4.99 Å². The molecular formula is C25H20N6O3S2. The molecule has 0 bridgehead atoms. The smallest absolute Gasteiger partial charge is 0.270 e. The van der Waals surface area contributed by atoms with Crippen molar-refractivity contribution in [3.8, 4) is 0 Å². The van der Waals surface area contributed by atoms with Crippen LogP contribution in [0.5, 0.6) is 0 Å². The van der Waals surface area contributed by atoms with E-state index in [0.29, 0.717) is 27.0 Å². The largest absolute Gasteiger partial charge is 0.320 e. The molecule has 1 amide bonds. The molecule has 180 valence electrons. The van der Waals surface area contributed by atoms with Crippen molar-refractivity contribution in [3.63, 3.8) is 0 Å². The molecule has 11 heteroatoms. The summed E-state index contributed by atoms with van der Waals surface area (Å²) in [7, 11) is 0. The number of carbonyl (C=O) groups excluding carboxylic acids is 1. The number of aromatic nitrogens is 3. The monoisotopic (exact) mass is 516 g/mol. The molecule has 0 radical (unpaired) electrons. The van der Waals surface area contributed by atoms with E-state index in [0.717, 1.165) is 41.0 Å². The van der Waals surface area contributed by atoms with Gasteiger partial charge in [0.25, 0.3) is 11.6 Å². The lowest BCUT2D eigenvalue weighted by molar-refractivity contribution is -0.384. The van der Waals surface area contributed by atoms with Crippen LogP contribution in [0.15, 0.2) is 76.2 Å². The predicted molar refractivity (Wildman–Crippen MR) is 140 cm³/mol. The predicted octanol–water partition coefficient (Wildman–Crippen LogP) is 5.87.